The Morgan fingerprint density at radius 1 is 1.28 bits per heavy atom. The van der Waals surface area contributed by atoms with Crippen LogP contribution in [0.3, 0.4) is 0 Å². The second-order valence-electron chi connectivity index (χ2n) is 3.88. The fourth-order valence-corrected chi connectivity index (χ4v) is 1.82. The molecule has 0 radical (unpaired) electrons. The molecule has 2 aromatic rings. The summed E-state index contributed by atoms with van der Waals surface area (Å²) >= 11 is 3.14. The summed E-state index contributed by atoms with van der Waals surface area (Å²) in [6.45, 7) is 1.80. The highest BCUT2D eigenvalue weighted by atomic mass is 79.9. The van der Waals surface area contributed by atoms with Crippen LogP contribution in [0.15, 0.2) is 28.7 Å². The molecule has 4 nitrogen and oxygen atoms in total. The van der Waals surface area contributed by atoms with Crippen LogP contribution in [-0.2, 0) is 0 Å². The summed E-state index contributed by atoms with van der Waals surface area (Å²) in [4.78, 5) is 4.09. The Morgan fingerprint density at radius 3 is 2.67 bits per heavy atom. The van der Waals surface area contributed by atoms with E-state index < -0.39 is 0 Å². The SMILES string of the molecule is Cc1cc(F)c(Br)cc1Nc1ccc(N)c(N)n1. The highest BCUT2D eigenvalue weighted by Crippen LogP contribution is 2.27. The third-order valence-corrected chi connectivity index (χ3v) is 3.10. The van der Waals surface area contributed by atoms with Crippen LogP contribution in [0.5, 0.6) is 0 Å². The number of rotatable bonds is 2. The average Bonchev–Trinajstić information content (AvgIpc) is 2.31. The van der Waals surface area contributed by atoms with Crippen molar-refractivity contribution in [3.8, 4) is 0 Å². The number of hydrogen-bond acceptors (Lipinski definition) is 4. The Kier molecular flexibility index (Phi) is 3.38. The van der Waals surface area contributed by atoms with Crippen molar-refractivity contribution in [3.05, 3.63) is 40.1 Å². The molecule has 1 aromatic heterocycles. The Hall–Kier alpha value is -1.82. The summed E-state index contributed by atoms with van der Waals surface area (Å²) < 4.78 is 13.7. The molecule has 0 aliphatic carbocycles. The number of aromatic nitrogens is 1. The number of nitrogens with one attached hydrogen (secondary N) is 1. The molecular weight excluding hydrogens is 299 g/mol. The maximum absolute atomic E-state index is 13.3. The lowest BCUT2D eigenvalue weighted by molar-refractivity contribution is 0.620. The van der Waals surface area contributed by atoms with Crippen molar-refractivity contribution in [1.29, 1.82) is 0 Å². The highest BCUT2D eigenvalue weighted by molar-refractivity contribution is 9.10. The second-order valence-corrected chi connectivity index (χ2v) is 4.73. The summed E-state index contributed by atoms with van der Waals surface area (Å²) in [7, 11) is 0. The van der Waals surface area contributed by atoms with E-state index in [2.05, 4.69) is 26.2 Å². The van der Waals surface area contributed by atoms with Gasteiger partial charge in [0.25, 0.3) is 0 Å². The van der Waals surface area contributed by atoms with E-state index in [9.17, 15) is 4.39 Å². The molecule has 0 unspecified atom stereocenters. The summed E-state index contributed by atoms with van der Waals surface area (Å²) in [5.41, 5.74) is 13.2. The molecule has 0 spiro atoms. The summed E-state index contributed by atoms with van der Waals surface area (Å²) in [5.74, 6) is 0.518. The first kappa shape index (κ1) is 12.6. The predicted octanol–water partition coefficient (Wildman–Crippen LogP) is 3.20. The van der Waals surface area contributed by atoms with Crippen LogP contribution in [-0.4, -0.2) is 4.98 Å². The molecule has 1 aromatic carbocycles. The van der Waals surface area contributed by atoms with Gasteiger partial charge in [-0.1, -0.05) is 0 Å². The first-order valence-corrected chi connectivity index (χ1v) is 6.01. The molecule has 6 heteroatoms. The van der Waals surface area contributed by atoms with E-state index in [4.69, 9.17) is 11.5 Å². The molecule has 0 saturated heterocycles. The third-order valence-electron chi connectivity index (χ3n) is 2.49. The molecule has 5 N–H and O–H groups in total. The Bertz CT molecular complexity index is 601. The zero-order chi connectivity index (χ0) is 13.3. The maximum Gasteiger partial charge on any atom is 0.149 e. The Morgan fingerprint density at radius 2 is 2.00 bits per heavy atom. The lowest BCUT2D eigenvalue weighted by Gasteiger charge is -2.11. The number of hydrogen-bond donors (Lipinski definition) is 3. The van der Waals surface area contributed by atoms with E-state index in [1.165, 1.54) is 6.07 Å². The van der Waals surface area contributed by atoms with E-state index in [1.807, 2.05) is 0 Å². The molecule has 18 heavy (non-hydrogen) atoms. The summed E-state index contributed by atoms with van der Waals surface area (Å²) in [5, 5.41) is 3.06. The standard InChI is InChI=1S/C12H12BrFN4/c1-6-4-8(14)7(13)5-10(6)17-11-3-2-9(15)12(16)18-11/h2-5H,15H2,1H3,(H3,16,17,18). The van der Waals surface area contributed by atoms with Gasteiger partial charge in [-0.05, 0) is 52.7 Å². The number of nitrogens with two attached hydrogens (primary N) is 2. The number of nitrogens with zero attached hydrogens (tertiary/aromatic N) is 1. The quantitative estimate of drug-likeness (QED) is 0.796. The molecule has 0 bridgehead atoms. The van der Waals surface area contributed by atoms with Crippen LogP contribution >= 0.6 is 15.9 Å². The number of benzene rings is 1. The van der Waals surface area contributed by atoms with E-state index in [0.717, 1.165) is 11.3 Å². The molecule has 0 aliphatic heterocycles. The first-order valence-electron chi connectivity index (χ1n) is 5.22. The normalized spacial score (nSPS) is 10.4. The van der Waals surface area contributed by atoms with Gasteiger partial charge in [0.2, 0.25) is 0 Å². The molecular formula is C12H12BrFN4. The minimum absolute atomic E-state index is 0.263. The van der Waals surface area contributed by atoms with Gasteiger partial charge in [-0.2, -0.15) is 0 Å². The zero-order valence-electron chi connectivity index (χ0n) is 9.67. The lowest BCUT2D eigenvalue weighted by Crippen LogP contribution is -2.02. The smallest absolute Gasteiger partial charge is 0.149 e. The molecule has 0 atom stereocenters. The monoisotopic (exact) mass is 310 g/mol. The molecule has 0 aliphatic rings. The minimum atomic E-state index is -0.303. The molecule has 0 fully saturated rings. The van der Waals surface area contributed by atoms with E-state index >= 15 is 0 Å². The lowest BCUT2D eigenvalue weighted by atomic mass is 10.2. The van der Waals surface area contributed by atoms with Crippen LogP contribution in [0, 0.1) is 12.7 Å². The van der Waals surface area contributed by atoms with Crippen LogP contribution < -0.4 is 16.8 Å². The number of aryl methyl sites for hydroxylation is 1. The number of halogens is 2. The van der Waals surface area contributed by atoms with Crippen molar-refractivity contribution in [2.45, 2.75) is 6.92 Å². The van der Waals surface area contributed by atoms with E-state index in [-0.39, 0.29) is 11.6 Å². The van der Waals surface area contributed by atoms with Gasteiger partial charge in [0.15, 0.2) is 0 Å². The van der Waals surface area contributed by atoms with Crippen molar-refractivity contribution in [2.75, 3.05) is 16.8 Å². The van der Waals surface area contributed by atoms with E-state index in [0.29, 0.717) is 16.0 Å². The van der Waals surface area contributed by atoms with Crippen LogP contribution in [0.4, 0.5) is 27.4 Å². The van der Waals surface area contributed by atoms with Crippen molar-refractivity contribution in [1.82, 2.24) is 4.98 Å². The Balaban J connectivity index is 2.34. The predicted molar refractivity (Wildman–Crippen MR) is 75.2 cm³/mol. The molecule has 0 amide bonds. The molecule has 0 saturated carbocycles. The van der Waals surface area contributed by atoms with Crippen molar-refractivity contribution < 1.29 is 4.39 Å². The van der Waals surface area contributed by atoms with Gasteiger partial charge in [0.05, 0.1) is 10.2 Å². The molecule has 94 valence electrons. The highest BCUT2D eigenvalue weighted by Gasteiger charge is 2.06. The fourth-order valence-electron chi connectivity index (χ4n) is 1.47. The largest absolute Gasteiger partial charge is 0.396 e. The van der Waals surface area contributed by atoms with Gasteiger partial charge in [0, 0.05) is 5.69 Å². The molecule has 1 heterocycles. The van der Waals surface area contributed by atoms with Crippen LogP contribution in [0.2, 0.25) is 0 Å². The van der Waals surface area contributed by atoms with Gasteiger partial charge in [0.1, 0.15) is 17.5 Å². The van der Waals surface area contributed by atoms with Crippen molar-refractivity contribution >= 4 is 38.9 Å². The summed E-state index contributed by atoms with van der Waals surface area (Å²) in [6.07, 6.45) is 0. The number of nitrogen functional groups attached to an aromatic ring is 2. The first-order chi connectivity index (χ1) is 8.47. The zero-order valence-corrected chi connectivity index (χ0v) is 11.3. The number of anilines is 4. The van der Waals surface area contributed by atoms with Gasteiger partial charge < -0.3 is 16.8 Å². The third kappa shape index (κ3) is 2.53. The Labute approximate surface area is 112 Å². The van der Waals surface area contributed by atoms with Crippen molar-refractivity contribution in [2.24, 2.45) is 0 Å². The van der Waals surface area contributed by atoms with Gasteiger partial charge >= 0.3 is 0 Å². The average molecular weight is 311 g/mol. The minimum Gasteiger partial charge on any atom is -0.396 e. The van der Waals surface area contributed by atoms with E-state index in [1.54, 1.807) is 25.1 Å². The summed E-state index contributed by atoms with van der Waals surface area (Å²) in [6, 6.07) is 6.47. The number of pyridine rings is 1. The molecule has 2 rings (SSSR count). The van der Waals surface area contributed by atoms with Crippen molar-refractivity contribution in [3.63, 3.8) is 0 Å². The topological polar surface area (TPSA) is 77.0 Å². The fraction of sp³-hybridized carbons (Fsp3) is 0.0833. The maximum atomic E-state index is 13.3. The van der Waals surface area contributed by atoms with Gasteiger partial charge in [-0.3, -0.25) is 0 Å². The van der Waals surface area contributed by atoms with Gasteiger partial charge in [-0.25, -0.2) is 9.37 Å². The van der Waals surface area contributed by atoms with Crippen LogP contribution in [0.25, 0.3) is 0 Å². The second kappa shape index (κ2) is 4.81. The van der Waals surface area contributed by atoms with Gasteiger partial charge in [-0.15, -0.1) is 0 Å². The van der Waals surface area contributed by atoms with Crippen LogP contribution in [0.1, 0.15) is 5.56 Å².